The molecular weight excluding hydrogens is 252 g/mol. The minimum atomic E-state index is 0.0949. The second kappa shape index (κ2) is 7.29. The molecule has 0 atom stereocenters. The molecule has 1 N–H and O–H groups in total. The van der Waals surface area contributed by atoms with Gasteiger partial charge in [-0.15, -0.1) is 0 Å². The summed E-state index contributed by atoms with van der Waals surface area (Å²) in [5.41, 5.74) is 2.32. The molecule has 2 rings (SSSR count). The Bertz CT molecular complexity index is 454. The molecule has 20 heavy (non-hydrogen) atoms. The van der Waals surface area contributed by atoms with Crippen LogP contribution in [0.3, 0.4) is 0 Å². The molecule has 0 spiro atoms. The average molecular weight is 276 g/mol. The number of nitrogens with zero attached hydrogens (tertiary/aromatic N) is 1. The van der Waals surface area contributed by atoms with E-state index in [2.05, 4.69) is 25.2 Å². The second-order valence-corrected chi connectivity index (χ2v) is 5.27. The van der Waals surface area contributed by atoms with Crippen LogP contribution in [0.4, 0.5) is 0 Å². The number of carbonyl (C=O) groups is 1. The first kappa shape index (κ1) is 14.9. The van der Waals surface area contributed by atoms with Gasteiger partial charge in [0.1, 0.15) is 5.75 Å². The fourth-order valence-corrected chi connectivity index (χ4v) is 2.44. The largest absolute Gasteiger partial charge is 0.483 e. The van der Waals surface area contributed by atoms with Crippen molar-refractivity contribution in [2.24, 2.45) is 0 Å². The summed E-state index contributed by atoms with van der Waals surface area (Å²) >= 11 is 0. The van der Waals surface area contributed by atoms with Crippen molar-refractivity contribution < 1.29 is 9.53 Å². The predicted molar refractivity (Wildman–Crippen MR) is 79.9 cm³/mol. The minimum absolute atomic E-state index is 0.0949. The van der Waals surface area contributed by atoms with Crippen LogP contribution in [0.2, 0.25) is 0 Å². The van der Waals surface area contributed by atoms with Crippen LogP contribution in [0.15, 0.2) is 18.2 Å². The van der Waals surface area contributed by atoms with E-state index < -0.39 is 0 Å². The molecule has 0 aliphatic carbocycles. The quantitative estimate of drug-likeness (QED) is 0.865. The Kier molecular flexibility index (Phi) is 5.41. The molecule has 0 bridgehead atoms. The highest BCUT2D eigenvalue weighted by atomic mass is 16.5. The molecule has 0 aromatic heterocycles. The summed E-state index contributed by atoms with van der Waals surface area (Å²) in [5, 5.41) is 3.30. The molecule has 1 fully saturated rings. The molecule has 0 saturated carbocycles. The first-order valence-electron chi connectivity index (χ1n) is 7.41. The number of likely N-dealkylation sites (tertiary alicyclic amines) is 1. The maximum atomic E-state index is 12.0. The van der Waals surface area contributed by atoms with Crippen molar-refractivity contribution in [2.45, 2.75) is 33.2 Å². The lowest BCUT2D eigenvalue weighted by atomic mass is 10.1. The fourth-order valence-electron chi connectivity index (χ4n) is 2.44. The number of aryl methyl sites for hydroxylation is 1. The third-order valence-electron chi connectivity index (χ3n) is 3.59. The summed E-state index contributed by atoms with van der Waals surface area (Å²) in [6.07, 6.45) is 2.23. The Hall–Kier alpha value is -1.55. The van der Waals surface area contributed by atoms with Crippen molar-refractivity contribution in [3.8, 4) is 5.75 Å². The number of ether oxygens (including phenoxy) is 1. The summed E-state index contributed by atoms with van der Waals surface area (Å²) in [6, 6.07) is 6.09. The van der Waals surface area contributed by atoms with Crippen LogP contribution in [0, 0.1) is 6.92 Å². The molecule has 1 aliphatic heterocycles. The molecule has 1 amide bonds. The van der Waals surface area contributed by atoms with Crippen LogP contribution < -0.4 is 10.1 Å². The van der Waals surface area contributed by atoms with E-state index in [1.54, 1.807) is 0 Å². The van der Waals surface area contributed by atoms with Crippen LogP contribution in [0.25, 0.3) is 0 Å². The fraction of sp³-hybridized carbons (Fsp3) is 0.562. The number of rotatable bonds is 6. The van der Waals surface area contributed by atoms with Crippen molar-refractivity contribution in [1.82, 2.24) is 10.2 Å². The van der Waals surface area contributed by atoms with Gasteiger partial charge in [0, 0.05) is 25.2 Å². The standard InChI is InChI=1S/C16H24N2O2/c1-3-17-11-14-10-13(2)6-7-15(14)20-12-16(19)18-8-4-5-9-18/h6-7,10,17H,3-5,8-9,11-12H2,1-2H3. The Labute approximate surface area is 121 Å². The van der Waals surface area contributed by atoms with Gasteiger partial charge in [-0.3, -0.25) is 4.79 Å². The van der Waals surface area contributed by atoms with Crippen molar-refractivity contribution in [3.63, 3.8) is 0 Å². The molecule has 4 nitrogen and oxygen atoms in total. The zero-order valence-corrected chi connectivity index (χ0v) is 12.4. The number of amides is 1. The van der Waals surface area contributed by atoms with E-state index in [-0.39, 0.29) is 12.5 Å². The van der Waals surface area contributed by atoms with Gasteiger partial charge in [0.2, 0.25) is 0 Å². The van der Waals surface area contributed by atoms with Gasteiger partial charge < -0.3 is 15.0 Å². The van der Waals surface area contributed by atoms with E-state index in [0.29, 0.717) is 0 Å². The van der Waals surface area contributed by atoms with Crippen LogP contribution in [-0.4, -0.2) is 37.0 Å². The molecule has 1 aromatic rings. The van der Waals surface area contributed by atoms with Gasteiger partial charge in [-0.05, 0) is 32.4 Å². The smallest absolute Gasteiger partial charge is 0.260 e. The van der Waals surface area contributed by atoms with E-state index in [0.717, 1.165) is 50.3 Å². The van der Waals surface area contributed by atoms with E-state index in [1.165, 1.54) is 5.56 Å². The first-order chi connectivity index (χ1) is 9.70. The van der Waals surface area contributed by atoms with Gasteiger partial charge in [-0.1, -0.05) is 24.6 Å². The van der Waals surface area contributed by atoms with E-state index in [4.69, 9.17) is 4.74 Å². The predicted octanol–water partition coefficient (Wildman–Crippen LogP) is 2.11. The highest BCUT2D eigenvalue weighted by Crippen LogP contribution is 2.20. The van der Waals surface area contributed by atoms with Gasteiger partial charge in [0.15, 0.2) is 6.61 Å². The highest BCUT2D eigenvalue weighted by molar-refractivity contribution is 5.78. The topological polar surface area (TPSA) is 41.6 Å². The molecule has 0 radical (unpaired) electrons. The summed E-state index contributed by atoms with van der Waals surface area (Å²) in [5.74, 6) is 0.904. The second-order valence-electron chi connectivity index (χ2n) is 5.27. The summed E-state index contributed by atoms with van der Waals surface area (Å²) in [4.78, 5) is 13.9. The Morgan fingerprint density at radius 2 is 2.10 bits per heavy atom. The number of benzene rings is 1. The van der Waals surface area contributed by atoms with Crippen LogP contribution in [0.5, 0.6) is 5.75 Å². The number of hydrogen-bond acceptors (Lipinski definition) is 3. The number of carbonyl (C=O) groups excluding carboxylic acids is 1. The van der Waals surface area contributed by atoms with Gasteiger partial charge in [0.05, 0.1) is 0 Å². The van der Waals surface area contributed by atoms with Gasteiger partial charge in [0.25, 0.3) is 5.91 Å². The lowest BCUT2D eigenvalue weighted by Crippen LogP contribution is -2.32. The maximum Gasteiger partial charge on any atom is 0.260 e. The van der Waals surface area contributed by atoms with Crippen LogP contribution >= 0.6 is 0 Å². The number of hydrogen-bond donors (Lipinski definition) is 1. The van der Waals surface area contributed by atoms with E-state index in [9.17, 15) is 4.79 Å². The Morgan fingerprint density at radius 3 is 2.80 bits per heavy atom. The maximum absolute atomic E-state index is 12.0. The Morgan fingerprint density at radius 1 is 1.35 bits per heavy atom. The van der Waals surface area contributed by atoms with Crippen LogP contribution in [-0.2, 0) is 11.3 Å². The third kappa shape index (κ3) is 3.97. The minimum Gasteiger partial charge on any atom is -0.483 e. The molecule has 4 heteroatoms. The molecular formula is C16H24N2O2. The molecule has 1 aromatic carbocycles. The third-order valence-corrected chi connectivity index (χ3v) is 3.59. The van der Waals surface area contributed by atoms with Crippen molar-refractivity contribution in [1.29, 1.82) is 0 Å². The normalized spacial score (nSPS) is 14.6. The van der Waals surface area contributed by atoms with Crippen LogP contribution in [0.1, 0.15) is 30.9 Å². The van der Waals surface area contributed by atoms with E-state index >= 15 is 0 Å². The van der Waals surface area contributed by atoms with Gasteiger partial charge >= 0.3 is 0 Å². The average Bonchev–Trinajstić information content (AvgIpc) is 2.98. The monoisotopic (exact) mass is 276 g/mol. The van der Waals surface area contributed by atoms with Crippen molar-refractivity contribution in [3.05, 3.63) is 29.3 Å². The zero-order valence-electron chi connectivity index (χ0n) is 12.4. The molecule has 1 aliphatic rings. The molecule has 0 unspecified atom stereocenters. The van der Waals surface area contributed by atoms with Crippen molar-refractivity contribution in [2.75, 3.05) is 26.2 Å². The summed E-state index contributed by atoms with van der Waals surface area (Å²) in [6.45, 7) is 7.72. The lowest BCUT2D eigenvalue weighted by molar-refractivity contribution is -0.132. The highest BCUT2D eigenvalue weighted by Gasteiger charge is 2.18. The Balaban J connectivity index is 1.95. The summed E-state index contributed by atoms with van der Waals surface area (Å²) in [7, 11) is 0. The lowest BCUT2D eigenvalue weighted by Gasteiger charge is -2.17. The van der Waals surface area contributed by atoms with Crippen molar-refractivity contribution >= 4 is 5.91 Å². The van der Waals surface area contributed by atoms with Gasteiger partial charge in [-0.25, -0.2) is 0 Å². The molecule has 1 saturated heterocycles. The zero-order chi connectivity index (χ0) is 14.4. The SMILES string of the molecule is CCNCc1cc(C)ccc1OCC(=O)N1CCCC1. The first-order valence-corrected chi connectivity index (χ1v) is 7.41. The van der Waals surface area contributed by atoms with E-state index in [1.807, 2.05) is 17.0 Å². The number of nitrogens with one attached hydrogen (secondary N) is 1. The van der Waals surface area contributed by atoms with Gasteiger partial charge in [-0.2, -0.15) is 0 Å². The summed E-state index contributed by atoms with van der Waals surface area (Å²) < 4.78 is 5.73. The molecule has 110 valence electrons. The molecule has 1 heterocycles.